The topological polar surface area (TPSA) is 116 Å². The summed E-state index contributed by atoms with van der Waals surface area (Å²) in [6, 6.07) is 6.40. The van der Waals surface area contributed by atoms with Gasteiger partial charge in [0.15, 0.2) is 5.82 Å². The molecular weight excluding hydrogens is 328 g/mol. The smallest absolute Gasteiger partial charge is 0.238 e. The highest BCUT2D eigenvalue weighted by atomic mass is 32.2. The van der Waals surface area contributed by atoms with Gasteiger partial charge >= 0.3 is 0 Å². The fourth-order valence-electron chi connectivity index (χ4n) is 2.55. The Morgan fingerprint density at radius 1 is 1.17 bits per heavy atom. The van der Waals surface area contributed by atoms with Gasteiger partial charge in [-0.3, -0.25) is 4.68 Å². The quantitative estimate of drug-likeness (QED) is 0.734. The van der Waals surface area contributed by atoms with Gasteiger partial charge in [0, 0.05) is 13.6 Å². The average Bonchev–Trinajstić information content (AvgIpc) is 2.79. The molecule has 3 N–H and O–H groups in total. The Morgan fingerprint density at radius 3 is 2.46 bits per heavy atom. The molecule has 0 saturated carbocycles. The lowest BCUT2D eigenvalue weighted by Crippen LogP contribution is -2.12. The zero-order chi connectivity index (χ0) is 17.5. The second kappa shape index (κ2) is 5.84. The molecule has 0 atom stereocenters. The number of primary sulfonamides is 1. The third kappa shape index (κ3) is 3.08. The van der Waals surface area contributed by atoms with Crippen LogP contribution < -0.4 is 10.5 Å². The van der Waals surface area contributed by atoms with Crippen molar-refractivity contribution in [2.75, 3.05) is 5.32 Å². The highest BCUT2D eigenvalue weighted by molar-refractivity contribution is 7.89. The van der Waals surface area contributed by atoms with Crippen molar-refractivity contribution >= 4 is 26.9 Å². The van der Waals surface area contributed by atoms with Gasteiger partial charge in [-0.25, -0.2) is 23.5 Å². The molecule has 0 amide bonds. The minimum absolute atomic E-state index is 0.0915. The van der Waals surface area contributed by atoms with Crippen LogP contribution in [0.2, 0.25) is 0 Å². The molecule has 0 aliphatic heterocycles. The molecule has 126 valence electrons. The number of nitrogens with one attached hydrogen (secondary N) is 1. The van der Waals surface area contributed by atoms with Gasteiger partial charge in [0.1, 0.15) is 16.9 Å². The van der Waals surface area contributed by atoms with E-state index in [0.717, 1.165) is 22.3 Å². The van der Waals surface area contributed by atoms with Crippen molar-refractivity contribution in [3.63, 3.8) is 0 Å². The van der Waals surface area contributed by atoms with Crippen molar-refractivity contribution in [1.29, 1.82) is 0 Å². The number of hydrogen-bond acceptors (Lipinski definition) is 6. The largest absolute Gasteiger partial charge is 0.364 e. The molecule has 3 aromatic rings. The summed E-state index contributed by atoms with van der Waals surface area (Å²) in [6.45, 7) is 4.23. The molecule has 0 bridgehead atoms. The first-order valence-corrected chi connectivity index (χ1v) is 8.84. The van der Waals surface area contributed by atoms with Gasteiger partial charge in [0.05, 0.1) is 10.6 Å². The van der Waals surface area contributed by atoms with Crippen molar-refractivity contribution in [2.24, 2.45) is 12.2 Å². The van der Waals surface area contributed by atoms with Gasteiger partial charge in [0.25, 0.3) is 0 Å². The number of hydrogen-bond donors (Lipinski definition) is 2. The van der Waals surface area contributed by atoms with Crippen LogP contribution in [0, 0.1) is 13.8 Å². The first kappa shape index (κ1) is 16.3. The molecule has 2 heterocycles. The van der Waals surface area contributed by atoms with Gasteiger partial charge in [-0.1, -0.05) is 12.1 Å². The summed E-state index contributed by atoms with van der Waals surface area (Å²) in [4.78, 5) is 8.98. The Balaban J connectivity index is 1.88. The second-order valence-electron chi connectivity index (χ2n) is 5.57. The summed E-state index contributed by atoms with van der Waals surface area (Å²) in [5, 5.41) is 12.7. The van der Waals surface area contributed by atoms with E-state index in [2.05, 4.69) is 20.4 Å². The fourth-order valence-corrected chi connectivity index (χ4v) is 3.07. The third-order valence-electron chi connectivity index (χ3n) is 3.67. The predicted octanol–water partition coefficient (Wildman–Crippen LogP) is 1.24. The van der Waals surface area contributed by atoms with Crippen LogP contribution in [0.1, 0.15) is 17.1 Å². The third-order valence-corrected chi connectivity index (χ3v) is 4.60. The lowest BCUT2D eigenvalue weighted by molar-refractivity contribution is 0.598. The molecule has 0 aliphatic carbocycles. The number of nitrogens with two attached hydrogens (primary N) is 1. The van der Waals surface area contributed by atoms with E-state index >= 15 is 0 Å². The van der Waals surface area contributed by atoms with E-state index < -0.39 is 10.0 Å². The molecule has 2 aromatic heterocycles. The fraction of sp³-hybridized carbons (Fsp3) is 0.267. The van der Waals surface area contributed by atoms with Gasteiger partial charge in [-0.05, 0) is 31.5 Å². The van der Waals surface area contributed by atoms with Crippen LogP contribution in [-0.4, -0.2) is 28.2 Å². The van der Waals surface area contributed by atoms with Crippen LogP contribution >= 0.6 is 0 Å². The Labute approximate surface area is 139 Å². The van der Waals surface area contributed by atoms with Gasteiger partial charge < -0.3 is 5.32 Å². The molecule has 0 aliphatic rings. The summed E-state index contributed by atoms with van der Waals surface area (Å²) < 4.78 is 24.3. The molecule has 3 rings (SSSR count). The highest BCUT2D eigenvalue weighted by Gasteiger charge is 2.13. The van der Waals surface area contributed by atoms with Gasteiger partial charge in [-0.15, -0.1) is 0 Å². The van der Waals surface area contributed by atoms with E-state index in [9.17, 15) is 8.42 Å². The number of nitrogens with zero attached hydrogens (tertiary/aromatic N) is 4. The highest BCUT2D eigenvalue weighted by Crippen LogP contribution is 2.23. The van der Waals surface area contributed by atoms with Crippen molar-refractivity contribution in [3.05, 3.63) is 41.3 Å². The van der Waals surface area contributed by atoms with E-state index in [1.54, 1.807) is 16.8 Å². The molecular formula is C15H18N6O2S. The van der Waals surface area contributed by atoms with Crippen LogP contribution in [0.5, 0.6) is 0 Å². The van der Waals surface area contributed by atoms with Crippen LogP contribution in [0.15, 0.2) is 29.2 Å². The molecule has 0 saturated heterocycles. The number of rotatable bonds is 4. The Kier molecular flexibility index (Phi) is 3.98. The molecule has 8 nitrogen and oxygen atoms in total. The zero-order valence-electron chi connectivity index (χ0n) is 13.6. The molecule has 0 unspecified atom stereocenters. The minimum atomic E-state index is -3.68. The van der Waals surface area contributed by atoms with Crippen LogP contribution in [0.25, 0.3) is 11.0 Å². The van der Waals surface area contributed by atoms with E-state index in [1.165, 1.54) is 12.1 Å². The molecule has 24 heavy (non-hydrogen) atoms. The summed E-state index contributed by atoms with van der Waals surface area (Å²) >= 11 is 0. The minimum Gasteiger partial charge on any atom is -0.364 e. The lowest BCUT2D eigenvalue weighted by Gasteiger charge is -2.09. The summed E-state index contributed by atoms with van der Waals surface area (Å²) in [7, 11) is -1.83. The van der Waals surface area contributed by atoms with E-state index in [-0.39, 0.29) is 4.90 Å². The lowest BCUT2D eigenvalue weighted by atomic mass is 10.2. The molecule has 1 aromatic carbocycles. The average molecular weight is 346 g/mol. The van der Waals surface area contributed by atoms with Crippen molar-refractivity contribution < 1.29 is 8.42 Å². The first-order valence-electron chi connectivity index (χ1n) is 7.29. The molecule has 9 heteroatoms. The number of aryl methyl sites for hydroxylation is 3. The maximum Gasteiger partial charge on any atom is 0.238 e. The van der Waals surface area contributed by atoms with E-state index in [4.69, 9.17) is 5.14 Å². The normalized spacial score (nSPS) is 11.8. The molecule has 0 radical (unpaired) electrons. The van der Waals surface area contributed by atoms with Crippen molar-refractivity contribution in [1.82, 2.24) is 19.7 Å². The Hall–Kier alpha value is -2.52. The van der Waals surface area contributed by atoms with Crippen molar-refractivity contribution in [3.8, 4) is 0 Å². The number of fused-ring (bicyclic) bond motifs is 1. The zero-order valence-corrected chi connectivity index (χ0v) is 14.4. The monoisotopic (exact) mass is 346 g/mol. The second-order valence-corrected chi connectivity index (χ2v) is 7.13. The molecule has 0 spiro atoms. The van der Waals surface area contributed by atoms with E-state index in [0.29, 0.717) is 18.2 Å². The summed E-state index contributed by atoms with van der Waals surface area (Å²) in [6.07, 6.45) is 0. The van der Waals surface area contributed by atoms with Crippen LogP contribution in [-0.2, 0) is 23.6 Å². The van der Waals surface area contributed by atoms with Gasteiger partial charge in [-0.2, -0.15) is 5.10 Å². The number of anilines is 1. The Morgan fingerprint density at radius 2 is 1.83 bits per heavy atom. The van der Waals surface area contributed by atoms with Crippen LogP contribution in [0.4, 0.5) is 5.82 Å². The molecule has 0 fully saturated rings. The maximum atomic E-state index is 11.3. The number of benzene rings is 1. The summed E-state index contributed by atoms with van der Waals surface area (Å²) in [5.74, 6) is 1.35. The number of sulfonamides is 1. The first-order chi connectivity index (χ1) is 11.3. The van der Waals surface area contributed by atoms with Crippen LogP contribution in [0.3, 0.4) is 0 Å². The van der Waals surface area contributed by atoms with E-state index in [1.807, 2.05) is 20.9 Å². The standard InChI is InChI=1S/C15H18N6O2S/c1-9-13-14(21(3)20-9)15(19-10(2)18-13)17-8-11-4-6-12(7-5-11)24(16,22)23/h4-7H,8H2,1-3H3,(H2,16,22,23)(H,17,18,19). The SMILES string of the molecule is Cc1nc(NCc2ccc(S(N)(=O)=O)cc2)c2c(n1)c(C)nn2C. The number of aromatic nitrogens is 4. The maximum absolute atomic E-state index is 11.3. The summed E-state index contributed by atoms with van der Waals surface area (Å²) in [5.41, 5.74) is 3.40. The van der Waals surface area contributed by atoms with Gasteiger partial charge in [0.2, 0.25) is 10.0 Å². The Bertz CT molecular complexity index is 1010. The predicted molar refractivity (Wildman–Crippen MR) is 90.9 cm³/mol. The van der Waals surface area contributed by atoms with Crippen molar-refractivity contribution in [2.45, 2.75) is 25.3 Å².